The fourth-order valence-electron chi connectivity index (χ4n) is 3.30. The van der Waals surface area contributed by atoms with E-state index in [9.17, 15) is 21.6 Å². The summed E-state index contributed by atoms with van der Waals surface area (Å²) in [4.78, 5) is 12.8. The first-order valence-electron chi connectivity index (χ1n) is 9.37. The van der Waals surface area contributed by atoms with Gasteiger partial charge in [0.15, 0.2) is 0 Å². The van der Waals surface area contributed by atoms with Gasteiger partial charge < -0.3 is 5.32 Å². The number of rotatable bonds is 7. The minimum absolute atomic E-state index is 0.124. The van der Waals surface area contributed by atoms with Gasteiger partial charge in [0.25, 0.3) is 0 Å². The van der Waals surface area contributed by atoms with E-state index in [0.29, 0.717) is 38.2 Å². The summed E-state index contributed by atoms with van der Waals surface area (Å²) in [5, 5.41) is 2.80. The van der Waals surface area contributed by atoms with Crippen LogP contribution in [0.3, 0.4) is 0 Å². The molecule has 1 N–H and O–H groups in total. The third-order valence-corrected chi connectivity index (χ3v) is 8.35. The first-order valence-corrected chi connectivity index (χ1v) is 12.7. The summed E-state index contributed by atoms with van der Waals surface area (Å²) >= 11 is 0. The fourth-order valence-corrected chi connectivity index (χ4v) is 5.70. The highest BCUT2D eigenvalue weighted by molar-refractivity contribution is 7.89. The van der Waals surface area contributed by atoms with Gasteiger partial charge in [0, 0.05) is 31.9 Å². The molecule has 158 valence electrons. The topological polar surface area (TPSA) is 104 Å². The molecule has 0 saturated carbocycles. The molecule has 8 nitrogen and oxygen atoms in total. The van der Waals surface area contributed by atoms with Gasteiger partial charge in [0.05, 0.1) is 17.1 Å². The third-order valence-electron chi connectivity index (χ3n) is 5.03. The maximum atomic E-state index is 12.7. The predicted molar refractivity (Wildman–Crippen MR) is 109 cm³/mol. The number of nitrogens with zero attached hydrogens (tertiary/aromatic N) is 2. The number of sulfonamides is 2. The first-order chi connectivity index (χ1) is 13.0. The third kappa shape index (κ3) is 5.11. The van der Waals surface area contributed by atoms with E-state index in [1.54, 1.807) is 26.8 Å². The monoisotopic (exact) mass is 431 g/mol. The van der Waals surface area contributed by atoms with Crippen molar-refractivity contribution in [3.8, 4) is 0 Å². The zero-order chi connectivity index (χ0) is 21.1. The molecule has 0 spiro atoms. The van der Waals surface area contributed by atoms with Gasteiger partial charge >= 0.3 is 0 Å². The average molecular weight is 432 g/mol. The molecule has 1 aliphatic rings. The number of nitrogens with one attached hydrogen (secondary N) is 1. The maximum Gasteiger partial charge on any atom is 0.243 e. The molecule has 0 aliphatic carbocycles. The Morgan fingerprint density at radius 1 is 1.21 bits per heavy atom. The summed E-state index contributed by atoms with van der Waals surface area (Å²) in [6.07, 6.45) is 2.34. The molecule has 2 rings (SSSR count). The van der Waals surface area contributed by atoms with Crippen molar-refractivity contribution in [2.45, 2.75) is 38.5 Å². The van der Waals surface area contributed by atoms with E-state index in [2.05, 4.69) is 5.32 Å². The Labute approximate surface area is 168 Å². The molecule has 1 saturated heterocycles. The number of amides is 1. The summed E-state index contributed by atoms with van der Waals surface area (Å²) in [5.41, 5.74) is 1.16. The SMILES string of the molecule is CCN(CC)S(=O)(=O)c1ccc(C)c(NC(=O)[C@@H]2CCCN(S(C)(=O)=O)C2)c1. The normalized spacial score (nSPS) is 19.0. The Bertz CT molecular complexity index is 925. The van der Waals surface area contributed by atoms with Crippen molar-refractivity contribution < 1.29 is 21.6 Å². The van der Waals surface area contributed by atoms with Crippen molar-refractivity contribution in [3.05, 3.63) is 23.8 Å². The number of carbonyl (C=O) groups excluding carboxylic acids is 1. The molecule has 1 atom stereocenters. The van der Waals surface area contributed by atoms with Crippen LogP contribution < -0.4 is 5.32 Å². The van der Waals surface area contributed by atoms with E-state index >= 15 is 0 Å². The van der Waals surface area contributed by atoms with E-state index < -0.39 is 26.0 Å². The standard InChI is InChI=1S/C18H29N3O5S2/c1-5-20(6-2)28(25,26)16-10-9-14(3)17(12-16)19-18(22)15-8-7-11-21(13-15)27(4,23)24/h9-10,12,15H,5-8,11,13H2,1-4H3,(H,19,22)/t15-/m1/s1. The lowest BCUT2D eigenvalue weighted by Gasteiger charge is -2.30. The molecule has 1 heterocycles. The molecular formula is C18H29N3O5S2. The molecule has 28 heavy (non-hydrogen) atoms. The summed E-state index contributed by atoms with van der Waals surface area (Å²) in [5.74, 6) is -0.764. The first kappa shape index (κ1) is 22.8. The van der Waals surface area contributed by atoms with E-state index in [1.165, 1.54) is 20.7 Å². The highest BCUT2D eigenvalue weighted by atomic mass is 32.2. The van der Waals surface area contributed by atoms with Gasteiger partial charge in [-0.3, -0.25) is 4.79 Å². The van der Waals surface area contributed by atoms with Crippen LogP contribution in [0, 0.1) is 12.8 Å². The molecule has 0 aromatic heterocycles. The summed E-state index contributed by atoms with van der Waals surface area (Å²) in [7, 11) is -6.98. The second-order valence-electron chi connectivity index (χ2n) is 7.02. The van der Waals surface area contributed by atoms with Crippen LogP contribution in [0.15, 0.2) is 23.1 Å². The molecule has 0 bridgehead atoms. The van der Waals surface area contributed by atoms with Crippen molar-refractivity contribution in [2.75, 3.05) is 37.8 Å². The molecule has 1 fully saturated rings. The Morgan fingerprint density at radius 2 is 1.86 bits per heavy atom. The zero-order valence-corrected chi connectivity index (χ0v) is 18.4. The number of anilines is 1. The second kappa shape index (κ2) is 8.89. The Hall–Kier alpha value is -1.49. The van der Waals surface area contributed by atoms with Crippen LogP contribution in [0.2, 0.25) is 0 Å². The molecule has 0 radical (unpaired) electrons. The van der Waals surface area contributed by atoms with Crippen LogP contribution in [0.5, 0.6) is 0 Å². The number of piperidine rings is 1. The number of benzene rings is 1. The lowest BCUT2D eigenvalue weighted by molar-refractivity contribution is -0.120. The van der Waals surface area contributed by atoms with Crippen LogP contribution in [0.25, 0.3) is 0 Å². The Kier molecular flexibility index (Phi) is 7.24. The summed E-state index contributed by atoms with van der Waals surface area (Å²) < 4.78 is 51.7. The smallest absolute Gasteiger partial charge is 0.243 e. The van der Waals surface area contributed by atoms with Crippen molar-refractivity contribution >= 4 is 31.6 Å². The van der Waals surface area contributed by atoms with Crippen molar-refractivity contribution in [1.29, 1.82) is 0 Å². The van der Waals surface area contributed by atoms with Gasteiger partial charge in [-0.25, -0.2) is 21.1 Å². The lowest BCUT2D eigenvalue weighted by Crippen LogP contribution is -2.43. The molecule has 0 unspecified atom stereocenters. The molecule has 1 aromatic rings. The summed E-state index contributed by atoms with van der Waals surface area (Å²) in [6.45, 7) is 6.60. The number of aryl methyl sites for hydroxylation is 1. The largest absolute Gasteiger partial charge is 0.326 e. The van der Waals surface area contributed by atoms with Gasteiger partial charge in [-0.05, 0) is 37.5 Å². The Morgan fingerprint density at radius 3 is 2.43 bits per heavy atom. The van der Waals surface area contributed by atoms with Crippen LogP contribution in [0.1, 0.15) is 32.3 Å². The summed E-state index contributed by atoms with van der Waals surface area (Å²) in [6, 6.07) is 4.67. The lowest BCUT2D eigenvalue weighted by atomic mass is 9.98. The number of hydrogen-bond donors (Lipinski definition) is 1. The van der Waals surface area contributed by atoms with E-state index in [-0.39, 0.29) is 17.3 Å². The van der Waals surface area contributed by atoms with Gasteiger partial charge in [-0.2, -0.15) is 4.31 Å². The maximum absolute atomic E-state index is 12.7. The van der Waals surface area contributed by atoms with Crippen molar-refractivity contribution in [2.24, 2.45) is 5.92 Å². The van der Waals surface area contributed by atoms with E-state index in [1.807, 2.05) is 0 Å². The van der Waals surface area contributed by atoms with Gasteiger partial charge in [-0.15, -0.1) is 0 Å². The highest BCUT2D eigenvalue weighted by Crippen LogP contribution is 2.25. The predicted octanol–water partition coefficient (Wildman–Crippen LogP) is 1.64. The Balaban J connectivity index is 2.23. The quantitative estimate of drug-likeness (QED) is 0.707. The molecule has 1 aromatic carbocycles. The van der Waals surface area contributed by atoms with Crippen molar-refractivity contribution in [1.82, 2.24) is 8.61 Å². The average Bonchev–Trinajstić information content (AvgIpc) is 2.63. The molecule has 10 heteroatoms. The zero-order valence-electron chi connectivity index (χ0n) is 16.8. The van der Waals surface area contributed by atoms with Crippen LogP contribution in [0.4, 0.5) is 5.69 Å². The molecule has 1 amide bonds. The minimum atomic E-state index is -3.63. The van der Waals surface area contributed by atoms with Crippen LogP contribution in [-0.4, -0.2) is 63.8 Å². The van der Waals surface area contributed by atoms with Gasteiger partial charge in [0.1, 0.15) is 0 Å². The van der Waals surface area contributed by atoms with Gasteiger partial charge in [0.2, 0.25) is 26.0 Å². The van der Waals surface area contributed by atoms with Crippen LogP contribution >= 0.6 is 0 Å². The molecular weight excluding hydrogens is 402 g/mol. The minimum Gasteiger partial charge on any atom is -0.326 e. The van der Waals surface area contributed by atoms with E-state index in [4.69, 9.17) is 0 Å². The van der Waals surface area contributed by atoms with Crippen molar-refractivity contribution in [3.63, 3.8) is 0 Å². The van der Waals surface area contributed by atoms with Gasteiger partial charge in [-0.1, -0.05) is 19.9 Å². The number of hydrogen-bond acceptors (Lipinski definition) is 5. The fraction of sp³-hybridized carbons (Fsp3) is 0.611. The number of carbonyl (C=O) groups is 1. The van der Waals surface area contributed by atoms with E-state index in [0.717, 1.165) is 11.8 Å². The van der Waals surface area contributed by atoms with Crippen LogP contribution in [-0.2, 0) is 24.8 Å². The highest BCUT2D eigenvalue weighted by Gasteiger charge is 2.30. The second-order valence-corrected chi connectivity index (χ2v) is 10.9. The molecule has 1 aliphatic heterocycles.